The summed E-state index contributed by atoms with van der Waals surface area (Å²) < 4.78 is 1.80. The highest BCUT2D eigenvalue weighted by Crippen LogP contribution is 2.20. The SMILES string of the molecule is CC(C)Cn1ncnc1CN1C(=O)C(C)(C)NC(=O)C1C. The molecular formula is C14H23N5O2. The summed E-state index contributed by atoms with van der Waals surface area (Å²) in [6.07, 6.45) is 1.49. The molecule has 1 aromatic rings. The van der Waals surface area contributed by atoms with Gasteiger partial charge in [0.2, 0.25) is 11.8 Å². The summed E-state index contributed by atoms with van der Waals surface area (Å²) in [4.78, 5) is 30.3. The number of carbonyl (C=O) groups is 2. The Morgan fingerprint density at radius 3 is 2.67 bits per heavy atom. The van der Waals surface area contributed by atoms with Crippen LogP contribution in [0.1, 0.15) is 40.4 Å². The standard InChI is InChI=1S/C14H23N5O2/c1-9(2)6-19-11(15-8-16-19)7-18-10(3)12(20)17-14(4,5)13(18)21/h8-10H,6-7H2,1-5H3,(H,17,20). The Labute approximate surface area is 124 Å². The van der Waals surface area contributed by atoms with Crippen LogP contribution in [0.5, 0.6) is 0 Å². The Hall–Kier alpha value is -1.92. The van der Waals surface area contributed by atoms with E-state index in [-0.39, 0.29) is 11.8 Å². The van der Waals surface area contributed by atoms with Gasteiger partial charge in [-0.1, -0.05) is 13.8 Å². The van der Waals surface area contributed by atoms with Gasteiger partial charge in [0.25, 0.3) is 0 Å². The minimum Gasteiger partial charge on any atom is -0.340 e. The van der Waals surface area contributed by atoms with E-state index < -0.39 is 11.6 Å². The van der Waals surface area contributed by atoms with E-state index in [1.54, 1.807) is 30.4 Å². The lowest BCUT2D eigenvalue weighted by Gasteiger charge is -2.41. The Morgan fingerprint density at radius 1 is 1.38 bits per heavy atom. The molecule has 0 aromatic carbocycles. The fourth-order valence-electron chi connectivity index (χ4n) is 2.41. The first-order valence-electron chi connectivity index (χ1n) is 7.22. The average molecular weight is 293 g/mol. The first kappa shape index (κ1) is 15.5. The highest BCUT2D eigenvalue weighted by molar-refractivity contribution is 5.98. The number of piperazine rings is 1. The van der Waals surface area contributed by atoms with Crippen LogP contribution in [-0.2, 0) is 22.7 Å². The zero-order chi connectivity index (χ0) is 15.8. The van der Waals surface area contributed by atoms with Gasteiger partial charge >= 0.3 is 0 Å². The van der Waals surface area contributed by atoms with E-state index >= 15 is 0 Å². The topological polar surface area (TPSA) is 80.1 Å². The maximum atomic E-state index is 12.5. The number of hydrogen-bond donors (Lipinski definition) is 1. The zero-order valence-electron chi connectivity index (χ0n) is 13.3. The summed E-state index contributed by atoms with van der Waals surface area (Å²) in [6, 6.07) is -0.505. The highest BCUT2D eigenvalue weighted by atomic mass is 16.2. The molecule has 1 N–H and O–H groups in total. The molecule has 1 aromatic heterocycles. The molecule has 0 radical (unpaired) electrons. The van der Waals surface area contributed by atoms with E-state index in [0.29, 0.717) is 18.3 Å². The molecule has 1 aliphatic heterocycles. The molecule has 116 valence electrons. The quantitative estimate of drug-likeness (QED) is 0.879. The van der Waals surface area contributed by atoms with Crippen LogP contribution in [0, 0.1) is 5.92 Å². The molecule has 2 rings (SSSR count). The first-order chi connectivity index (χ1) is 9.72. The Morgan fingerprint density at radius 2 is 2.05 bits per heavy atom. The second-order valence-electron chi connectivity index (χ2n) is 6.48. The predicted molar refractivity (Wildman–Crippen MR) is 77.1 cm³/mol. The summed E-state index contributed by atoms with van der Waals surface area (Å²) in [5.41, 5.74) is -0.882. The van der Waals surface area contributed by atoms with Crippen molar-refractivity contribution in [3.63, 3.8) is 0 Å². The largest absolute Gasteiger partial charge is 0.340 e. The van der Waals surface area contributed by atoms with Crippen LogP contribution in [0.2, 0.25) is 0 Å². The molecule has 1 fully saturated rings. The van der Waals surface area contributed by atoms with Crippen molar-refractivity contribution in [2.75, 3.05) is 0 Å². The maximum Gasteiger partial charge on any atom is 0.248 e. The molecule has 1 atom stereocenters. The predicted octanol–water partition coefficient (Wildman–Crippen LogP) is 0.560. The van der Waals surface area contributed by atoms with Gasteiger partial charge in [-0.3, -0.25) is 9.59 Å². The second-order valence-corrected chi connectivity index (χ2v) is 6.48. The molecular weight excluding hydrogens is 270 g/mol. The van der Waals surface area contributed by atoms with Crippen molar-refractivity contribution in [1.82, 2.24) is 25.0 Å². The van der Waals surface area contributed by atoms with Crippen molar-refractivity contribution in [1.29, 1.82) is 0 Å². The number of nitrogens with zero attached hydrogens (tertiary/aromatic N) is 4. The number of rotatable bonds is 4. The van der Waals surface area contributed by atoms with Crippen LogP contribution in [0.25, 0.3) is 0 Å². The van der Waals surface area contributed by atoms with Gasteiger partial charge in [-0.05, 0) is 26.7 Å². The number of carbonyl (C=O) groups excluding carboxylic acids is 2. The minimum absolute atomic E-state index is 0.103. The van der Waals surface area contributed by atoms with E-state index in [0.717, 1.165) is 6.54 Å². The van der Waals surface area contributed by atoms with Crippen molar-refractivity contribution >= 4 is 11.8 Å². The molecule has 2 amide bonds. The Kier molecular flexibility index (Phi) is 4.02. The molecule has 2 heterocycles. The molecule has 0 saturated carbocycles. The number of aromatic nitrogens is 3. The van der Waals surface area contributed by atoms with Crippen LogP contribution in [-0.4, -0.2) is 43.1 Å². The van der Waals surface area contributed by atoms with E-state index in [9.17, 15) is 9.59 Å². The molecule has 0 aliphatic carbocycles. The van der Waals surface area contributed by atoms with Gasteiger partial charge in [0.15, 0.2) is 0 Å². The third-order valence-corrected chi connectivity index (χ3v) is 3.62. The maximum absolute atomic E-state index is 12.5. The summed E-state index contributed by atoms with van der Waals surface area (Å²) in [5.74, 6) is 0.886. The van der Waals surface area contributed by atoms with E-state index in [1.807, 2.05) is 0 Å². The summed E-state index contributed by atoms with van der Waals surface area (Å²) in [7, 11) is 0. The van der Waals surface area contributed by atoms with Gasteiger partial charge in [-0.2, -0.15) is 5.10 Å². The van der Waals surface area contributed by atoms with Crippen LogP contribution in [0.15, 0.2) is 6.33 Å². The lowest BCUT2D eigenvalue weighted by atomic mass is 9.97. The molecule has 0 bridgehead atoms. The fraction of sp³-hybridized carbons (Fsp3) is 0.714. The normalized spacial score (nSPS) is 21.8. The van der Waals surface area contributed by atoms with E-state index in [2.05, 4.69) is 29.2 Å². The summed E-state index contributed by atoms with van der Waals surface area (Å²) >= 11 is 0. The number of nitrogens with one attached hydrogen (secondary N) is 1. The van der Waals surface area contributed by atoms with E-state index in [1.165, 1.54) is 6.33 Å². The zero-order valence-corrected chi connectivity index (χ0v) is 13.3. The van der Waals surface area contributed by atoms with Gasteiger partial charge in [-0.15, -0.1) is 0 Å². The first-order valence-corrected chi connectivity index (χ1v) is 7.22. The van der Waals surface area contributed by atoms with Crippen molar-refractivity contribution in [2.45, 2.75) is 59.3 Å². The lowest BCUT2D eigenvalue weighted by Crippen LogP contribution is -2.67. The Bertz CT molecular complexity index is 549. The highest BCUT2D eigenvalue weighted by Gasteiger charge is 2.43. The minimum atomic E-state index is -0.882. The lowest BCUT2D eigenvalue weighted by molar-refractivity contribution is -0.153. The average Bonchev–Trinajstić information content (AvgIpc) is 2.78. The van der Waals surface area contributed by atoms with Crippen LogP contribution >= 0.6 is 0 Å². The van der Waals surface area contributed by atoms with E-state index in [4.69, 9.17) is 0 Å². The van der Waals surface area contributed by atoms with Crippen LogP contribution in [0.3, 0.4) is 0 Å². The van der Waals surface area contributed by atoms with Crippen LogP contribution in [0.4, 0.5) is 0 Å². The summed E-state index contributed by atoms with van der Waals surface area (Å²) in [6.45, 7) is 10.4. The summed E-state index contributed by atoms with van der Waals surface area (Å²) in [5, 5.41) is 6.93. The van der Waals surface area contributed by atoms with Gasteiger partial charge < -0.3 is 10.2 Å². The molecule has 1 saturated heterocycles. The molecule has 7 nitrogen and oxygen atoms in total. The second kappa shape index (κ2) is 5.46. The fourth-order valence-corrected chi connectivity index (χ4v) is 2.41. The van der Waals surface area contributed by atoms with Gasteiger partial charge in [0, 0.05) is 6.54 Å². The van der Waals surface area contributed by atoms with Crippen molar-refractivity contribution in [2.24, 2.45) is 5.92 Å². The number of hydrogen-bond acceptors (Lipinski definition) is 4. The van der Waals surface area contributed by atoms with Crippen molar-refractivity contribution < 1.29 is 9.59 Å². The molecule has 0 spiro atoms. The molecule has 1 unspecified atom stereocenters. The van der Waals surface area contributed by atoms with Crippen molar-refractivity contribution in [3.05, 3.63) is 12.2 Å². The Balaban J connectivity index is 2.23. The molecule has 7 heteroatoms. The monoisotopic (exact) mass is 293 g/mol. The third kappa shape index (κ3) is 3.06. The molecule has 1 aliphatic rings. The van der Waals surface area contributed by atoms with Gasteiger partial charge in [-0.25, -0.2) is 9.67 Å². The smallest absolute Gasteiger partial charge is 0.248 e. The number of amides is 2. The molecule has 21 heavy (non-hydrogen) atoms. The third-order valence-electron chi connectivity index (χ3n) is 3.62. The van der Waals surface area contributed by atoms with Gasteiger partial charge in [0.05, 0.1) is 6.54 Å². The van der Waals surface area contributed by atoms with Gasteiger partial charge in [0.1, 0.15) is 23.7 Å². The van der Waals surface area contributed by atoms with Crippen molar-refractivity contribution in [3.8, 4) is 0 Å². The van der Waals surface area contributed by atoms with Crippen LogP contribution < -0.4 is 5.32 Å².